The van der Waals surface area contributed by atoms with Gasteiger partial charge in [-0.3, -0.25) is 10.1 Å². The highest BCUT2D eigenvalue weighted by molar-refractivity contribution is 5.63. The van der Waals surface area contributed by atoms with Gasteiger partial charge >= 0.3 is 0 Å². The normalized spacial score (nSPS) is 10.2. The molecule has 0 bridgehead atoms. The standard InChI is InChI=1S/C17H16N6O2/c24-23(25)14-5-3-4-13(12-14)15-7-9-20-17(22-15)21-11-10-19-16-6-1-2-8-18-16/h1-9,12H,10-11H2,(H,18,19)(H,20,21,22). The highest BCUT2D eigenvalue weighted by atomic mass is 16.6. The number of hydrogen-bond acceptors (Lipinski definition) is 7. The fourth-order valence-corrected chi connectivity index (χ4v) is 2.22. The van der Waals surface area contributed by atoms with E-state index >= 15 is 0 Å². The van der Waals surface area contributed by atoms with Crippen LogP contribution in [0.25, 0.3) is 11.3 Å². The SMILES string of the molecule is O=[N+]([O-])c1cccc(-c2ccnc(NCCNc3ccccn3)n2)c1. The third-order valence-corrected chi connectivity index (χ3v) is 3.39. The number of pyridine rings is 1. The number of nitro groups is 1. The first-order valence-electron chi connectivity index (χ1n) is 7.69. The van der Waals surface area contributed by atoms with Gasteiger partial charge in [0, 0.05) is 43.2 Å². The van der Waals surface area contributed by atoms with Crippen molar-refractivity contribution in [3.05, 3.63) is 71.0 Å². The number of rotatable bonds is 7. The minimum absolute atomic E-state index is 0.0326. The Kier molecular flexibility index (Phi) is 5.10. The summed E-state index contributed by atoms with van der Waals surface area (Å²) in [6.07, 6.45) is 3.34. The van der Waals surface area contributed by atoms with Crippen LogP contribution in [-0.4, -0.2) is 33.0 Å². The van der Waals surface area contributed by atoms with Crippen molar-refractivity contribution in [3.8, 4) is 11.3 Å². The topological polar surface area (TPSA) is 106 Å². The fourth-order valence-electron chi connectivity index (χ4n) is 2.22. The van der Waals surface area contributed by atoms with Gasteiger partial charge < -0.3 is 10.6 Å². The number of non-ortho nitro benzene ring substituents is 1. The molecule has 0 fully saturated rings. The van der Waals surface area contributed by atoms with Crippen molar-refractivity contribution in [2.24, 2.45) is 0 Å². The first kappa shape index (κ1) is 16.3. The molecular weight excluding hydrogens is 320 g/mol. The minimum Gasteiger partial charge on any atom is -0.368 e. The van der Waals surface area contributed by atoms with Gasteiger partial charge in [0.05, 0.1) is 10.6 Å². The van der Waals surface area contributed by atoms with Gasteiger partial charge in [-0.05, 0) is 18.2 Å². The molecule has 8 heteroatoms. The van der Waals surface area contributed by atoms with Crippen molar-refractivity contribution in [3.63, 3.8) is 0 Å². The van der Waals surface area contributed by atoms with E-state index in [0.717, 1.165) is 5.82 Å². The lowest BCUT2D eigenvalue weighted by Gasteiger charge is -2.08. The summed E-state index contributed by atoms with van der Waals surface area (Å²) in [5, 5.41) is 17.2. The van der Waals surface area contributed by atoms with Gasteiger partial charge in [0.15, 0.2) is 0 Å². The number of nitrogens with zero attached hydrogens (tertiary/aromatic N) is 4. The van der Waals surface area contributed by atoms with Gasteiger partial charge in [0.2, 0.25) is 5.95 Å². The second-order valence-corrected chi connectivity index (χ2v) is 5.14. The summed E-state index contributed by atoms with van der Waals surface area (Å²) >= 11 is 0. The average molecular weight is 336 g/mol. The molecule has 2 heterocycles. The van der Waals surface area contributed by atoms with Crippen molar-refractivity contribution in [2.45, 2.75) is 0 Å². The van der Waals surface area contributed by atoms with Crippen molar-refractivity contribution in [1.29, 1.82) is 0 Å². The molecule has 0 saturated carbocycles. The van der Waals surface area contributed by atoms with Gasteiger partial charge in [-0.2, -0.15) is 0 Å². The van der Waals surface area contributed by atoms with E-state index in [2.05, 4.69) is 25.6 Å². The molecule has 3 aromatic rings. The maximum Gasteiger partial charge on any atom is 0.270 e. The Morgan fingerprint density at radius 2 is 1.84 bits per heavy atom. The molecule has 8 nitrogen and oxygen atoms in total. The van der Waals surface area contributed by atoms with Crippen molar-refractivity contribution in [1.82, 2.24) is 15.0 Å². The lowest BCUT2D eigenvalue weighted by molar-refractivity contribution is -0.384. The maximum atomic E-state index is 10.9. The van der Waals surface area contributed by atoms with Crippen LogP contribution in [0, 0.1) is 10.1 Å². The van der Waals surface area contributed by atoms with Gasteiger partial charge in [0.1, 0.15) is 5.82 Å². The van der Waals surface area contributed by atoms with E-state index in [1.165, 1.54) is 12.1 Å². The fraction of sp³-hybridized carbons (Fsp3) is 0.118. The van der Waals surface area contributed by atoms with Crippen molar-refractivity contribution < 1.29 is 4.92 Å². The van der Waals surface area contributed by atoms with E-state index in [1.54, 1.807) is 30.6 Å². The monoisotopic (exact) mass is 336 g/mol. The van der Waals surface area contributed by atoms with Crippen LogP contribution in [-0.2, 0) is 0 Å². The van der Waals surface area contributed by atoms with Gasteiger partial charge in [0.25, 0.3) is 5.69 Å². The highest BCUT2D eigenvalue weighted by Crippen LogP contribution is 2.22. The van der Waals surface area contributed by atoms with Crippen LogP contribution in [0.5, 0.6) is 0 Å². The first-order chi connectivity index (χ1) is 12.2. The molecule has 0 atom stereocenters. The third kappa shape index (κ3) is 4.47. The van der Waals surface area contributed by atoms with Crippen LogP contribution in [0.3, 0.4) is 0 Å². The second kappa shape index (κ2) is 7.82. The predicted molar refractivity (Wildman–Crippen MR) is 95.3 cm³/mol. The van der Waals surface area contributed by atoms with Crippen LogP contribution < -0.4 is 10.6 Å². The molecule has 0 radical (unpaired) electrons. The predicted octanol–water partition coefficient (Wildman–Crippen LogP) is 2.97. The van der Waals surface area contributed by atoms with Gasteiger partial charge in [-0.1, -0.05) is 18.2 Å². The molecule has 2 aromatic heterocycles. The molecule has 0 saturated heterocycles. The van der Waals surface area contributed by atoms with Crippen LogP contribution in [0.1, 0.15) is 0 Å². The van der Waals surface area contributed by atoms with Crippen LogP contribution in [0.2, 0.25) is 0 Å². The molecule has 0 spiro atoms. The Bertz CT molecular complexity index is 857. The largest absolute Gasteiger partial charge is 0.368 e. The molecule has 3 rings (SSSR count). The molecule has 0 aliphatic heterocycles. The summed E-state index contributed by atoms with van der Waals surface area (Å²) in [5.74, 6) is 1.27. The number of hydrogen-bond donors (Lipinski definition) is 2. The number of nitro benzene ring substituents is 1. The molecule has 0 unspecified atom stereocenters. The summed E-state index contributed by atoms with van der Waals surface area (Å²) in [4.78, 5) is 23.2. The van der Waals surface area contributed by atoms with Gasteiger partial charge in [-0.25, -0.2) is 15.0 Å². The molecule has 126 valence electrons. The molecule has 0 amide bonds. The first-order valence-corrected chi connectivity index (χ1v) is 7.69. The minimum atomic E-state index is -0.423. The molecule has 1 aromatic carbocycles. The summed E-state index contributed by atoms with van der Waals surface area (Å²) in [6.45, 7) is 1.26. The number of nitrogens with one attached hydrogen (secondary N) is 2. The molecular formula is C17H16N6O2. The zero-order valence-corrected chi connectivity index (χ0v) is 13.3. The van der Waals surface area contributed by atoms with E-state index in [4.69, 9.17) is 0 Å². The van der Waals surface area contributed by atoms with E-state index in [0.29, 0.717) is 30.3 Å². The second-order valence-electron chi connectivity index (χ2n) is 5.14. The summed E-state index contributed by atoms with van der Waals surface area (Å²) < 4.78 is 0. The summed E-state index contributed by atoms with van der Waals surface area (Å²) in [6, 6.07) is 13.7. The van der Waals surface area contributed by atoms with Crippen LogP contribution in [0.15, 0.2) is 60.9 Å². The third-order valence-electron chi connectivity index (χ3n) is 3.39. The zero-order chi connectivity index (χ0) is 17.5. The Morgan fingerprint density at radius 3 is 2.64 bits per heavy atom. The van der Waals surface area contributed by atoms with Gasteiger partial charge in [-0.15, -0.1) is 0 Å². The Morgan fingerprint density at radius 1 is 0.960 bits per heavy atom. The number of anilines is 2. The number of benzene rings is 1. The maximum absolute atomic E-state index is 10.9. The van der Waals surface area contributed by atoms with Crippen molar-refractivity contribution in [2.75, 3.05) is 23.7 Å². The molecule has 0 aliphatic carbocycles. The lowest BCUT2D eigenvalue weighted by Crippen LogP contribution is -2.15. The van der Waals surface area contributed by atoms with E-state index < -0.39 is 4.92 Å². The number of aromatic nitrogens is 3. The Hall–Kier alpha value is -3.55. The van der Waals surface area contributed by atoms with Crippen LogP contribution >= 0.6 is 0 Å². The quantitative estimate of drug-likeness (QED) is 0.388. The Labute approximate surface area is 144 Å². The van der Waals surface area contributed by atoms with E-state index in [1.807, 2.05) is 18.2 Å². The smallest absolute Gasteiger partial charge is 0.270 e. The average Bonchev–Trinajstić information content (AvgIpc) is 2.66. The van der Waals surface area contributed by atoms with Crippen molar-refractivity contribution >= 4 is 17.5 Å². The van der Waals surface area contributed by atoms with E-state index in [9.17, 15) is 10.1 Å². The molecule has 0 aliphatic rings. The zero-order valence-electron chi connectivity index (χ0n) is 13.3. The molecule has 25 heavy (non-hydrogen) atoms. The van der Waals surface area contributed by atoms with E-state index in [-0.39, 0.29) is 5.69 Å². The lowest BCUT2D eigenvalue weighted by atomic mass is 10.1. The summed E-state index contributed by atoms with van der Waals surface area (Å²) in [5.41, 5.74) is 1.33. The highest BCUT2D eigenvalue weighted by Gasteiger charge is 2.08. The summed E-state index contributed by atoms with van der Waals surface area (Å²) in [7, 11) is 0. The molecule has 2 N–H and O–H groups in total. The van der Waals surface area contributed by atoms with Crippen LogP contribution in [0.4, 0.5) is 17.5 Å². The Balaban J connectivity index is 1.61.